The van der Waals surface area contributed by atoms with Gasteiger partial charge in [-0.25, -0.2) is 13.8 Å². The molecule has 0 bridgehead atoms. The predicted octanol–water partition coefficient (Wildman–Crippen LogP) is 5.04. The lowest BCUT2D eigenvalue weighted by Gasteiger charge is -2.17. The van der Waals surface area contributed by atoms with Crippen molar-refractivity contribution in [3.05, 3.63) is 64.4 Å². The minimum Gasteiger partial charge on any atom is -0.345 e. The number of aromatic nitrogens is 2. The third-order valence-corrected chi connectivity index (χ3v) is 4.21. The van der Waals surface area contributed by atoms with E-state index in [1.54, 1.807) is 24.3 Å². The quantitative estimate of drug-likeness (QED) is 0.667. The highest BCUT2D eigenvalue weighted by Gasteiger charge is 2.17. The number of nitrogens with zero attached hydrogens (tertiary/aromatic N) is 1. The predicted molar refractivity (Wildman–Crippen MR) is 93.0 cm³/mol. The Morgan fingerprint density at radius 2 is 1.96 bits per heavy atom. The van der Waals surface area contributed by atoms with Crippen LogP contribution < -0.4 is 5.32 Å². The first kappa shape index (κ1) is 17.4. The standard InChI is InChI=1S/C18H16ClF2N3O/c1-2-13(10-3-6-12(19)7-4-10)24-18(25)11-5-8-14-15(9-11)23-17(22-14)16(20)21/h3-9,13,16H,2H2,1H3,(H,22,23)(H,24,25). The topological polar surface area (TPSA) is 57.8 Å². The number of nitrogens with one attached hydrogen (secondary N) is 2. The second-order valence-electron chi connectivity index (χ2n) is 5.64. The minimum absolute atomic E-state index is 0.168. The Morgan fingerprint density at radius 1 is 1.24 bits per heavy atom. The van der Waals surface area contributed by atoms with Crippen molar-refractivity contribution in [3.8, 4) is 0 Å². The van der Waals surface area contributed by atoms with Crippen LogP contribution in [0.15, 0.2) is 42.5 Å². The number of aromatic amines is 1. The van der Waals surface area contributed by atoms with E-state index in [1.165, 1.54) is 6.07 Å². The van der Waals surface area contributed by atoms with Crippen LogP contribution in [0.25, 0.3) is 11.0 Å². The van der Waals surface area contributed by atoms with Gasteiger partial charge in [0.25, 0.3) is 12.3 Å². The molecule has 0 saturated heterocycles. The zero-order chi connectivity index (χ0) is 18.0. The third kappa shape index (κ3) is 3.79. The van der Waals surface area contributed by atoms with E-state index in [4.69, 9.17) is 11.6 Å². The van der Waals surface area contributed by atoms with Gasteiger partial charge in [0.15, 0.2) is 5.82 Å². The summed E-state index contributed by atoms with van der Waals surface area (Å²) >= 11 is 5.89. The molecule has 1 unspecified atom stereocenters. The van der Waals surface area contributed by atoms with Crippen LogP contribution in [0.4, 0.5) is 8.78 Å². The maximum Gasteiger partial charge on any atom is 0.295 e. The maximum absolute atomic E-state index is 12.7. The molecule has 0 fully saturated rings. The molecule has 0 spiro atoms. The van der Waals surface area contributed by atoms with Gasteiger partial charge in [0.2, 0.25) is 0 Å². The van der Waals surface area contributed by atoms with Crippen molar-refractivity contribution >= 4 is 28.5 Å². The minimum atomic E-state index is -2.68. The molecule has 1 amide bonds. The van der Waals surface area contributed by atoms with Gasteiger partial charge in [-0.3, -0.25) is 4.79 Å². The summed E-state index contributed by atoms with van der Waals surface area (Å²) in [6.07, 6.45) is -1.98. The largest absolute Gasteiger partial charge is 0.345 e. The van der Waals surface area contributed by atoms with Crippen LogP contribution in [0.3, 0.4) is 0 Å². The van der Waals surface area contributed by atoms with Crippen molar-refractivity contribution < 1.29 is 13.6 Å². The normalized spacial score (nSPS) is 12.5. The second-order valence-corrected chi connectivity index (χ2v) is 6.08. The fourth-order valence-electron chi connectivity index (χ4n) is 2.63. The molecule has 0 aliphatic heterocycles. The first-order valence-electron chi connectivity index (χ1n) is 7.82. The van der Waals surface area contributed by atoms with Crippen molar-refractivity contribution in [1.29, 1.82) is 0 Å². The molecule has 25 heavy (non-hydrogen) atoms. The first-order valence-corrected chi connectivity index (χ1v) is 8.20. The Balaban J connectivity index is 1.81. The van der Waals surface area contributed by atoms with Crippen LogP contribution >= 0.6 is 11.6 Å². The molecular formula is C18H16ClF2N3O. The number of benzene rings is 2. The molecule has 0 aliphatic rings. The van der Waals surface area contributed by atoms with Gasteiger partial charge in [-0.05, 0) is 42.3 Å². The van der Waals surface area contributed by atoms with Gasteiger partial charge in [0.05, 0.1) is 17.1 Å². The number of amides is 1. The van der Waals surface area contributed by atoms with Crippen LogP contribution in [0, 0.1) is 0 Å². The maximum atomic E-state index is 12.7. The molecule has 2 N–H and O–H groups in total. The number of hydrogen-bond donors (Lipinski definition) is 2. The molecule has 0 radical (unpaired) electrons. The van der Waals surface area contributed by atoms with E-state index in [-0.39, 0.29) is 11.9 Å². The van der Waals surface area contributed by atoms with Gasteiger partial charge in [-0.1, -0.05) is 30.7 Å². The molecule has 1 aromatic heterocycles. The number of alkyl halides is 2. The van der Waals surface area contributed by atoms with E-state index in [9.17, 15) is 13.6 Å². The van der Waals surface area contributed by atoms with Gasteiger partial charge >= 0.3 is 0 Å². The average molecular weight is 364 g/mol. The summed E-state index contributed by atoms with van der Waals surface area (Å²) in [7, 11) is 0. The van der Waals surface area contributed by atoms with Gasteiger partial charge in [-0.15, -0.1) is 0 Å². The number of hydrogen-bond acceptors (Lipinski definition) is 2. The van der Waals surface area contributed by atoms with Crippen LogP contribution in [-0.2, 0) is 0 Å². The number of halogens is 3. The number of imidazole rings is 1. The van der Waals surface area contributed by atoms with E-state index in [2.05, 4.69) is 15.3 Å². The van der Waals surface area contributed by atoms with Gasteiger partial charge < -0.3 is 10.3 Å². The highest BCUT2D eigenvalue weighted by atomic mass is 35.5. The van der Waals surface area contributed by atoms with Crippen LogP contribution in [-0.4, -0.2) is 15.9 Å². The van der Waals surface area contributed by atoms with E-state index < -0.39 is 12.2 Å². The monoisotopic (exact) mass is 363 g/mol. The van der Waals surface area contributed by atoms with Gasteiger partial charge in [0.1, 0.15) is 0 Å². The number of carbonyl (C=O) groups is 1. The molecule has 3 rings (SSSR count). The molecule has 3 aromatic rings. The van der Waals surface area contributed by atoms with Gasteiger partial charge in [-0.2, -0.15) is 0 Å². The fraction of sp³-hybridized carbons (Fsp3) is 0.222. The Labute approximate surface area is 148 Å². The summed E-state index contributed by atoms with van der Waals surface area (Å²) in [4.78, 5) is 18.9. The average Bonchev–Trinajstić information content (AvgIpc) is 3.04. The molecule has 130 valence electrons. The zero-order valence-electron chi connectivity index (χ0n) is 13.4. The zero-order valence-corrected chi connectivity index (χ0v) is 14.1. The summed E-state index contributed by atoms with van der Waals surface area (Å²) < 4.78 is 25.4. The summed E-state index contributed by atoms with van der Waals surface area (Å²) in [6, 6.07) is 11.8. The Kier molecular flexibility index (Phi) is 4.99. The van der Waals surface area contributed by atoms with Crippen molar-refractivity contribution in [2.45, 2.75) is 25.8 Å². The highest BCUT2D eigenvalue weighted by molar-refractivity contribution is 6.30. The molecule has 2 aromatic carbocycles. The smallest absolute Gasteiger partial charge is 0.295 e. The van der Waals surface area contributed by atoms with Crippen molar-refractivity contribution in [3.63, 3.8) is 0 Å². The van der Waals surface area contributed by atoms with Gasteiger partial charge in [0, 0.05) is 10.6 Å². The summed E-state index contributed by atoms with van der Waals surface area (Å²) in [6.45, 7) is 1.96. The van der Waals surface area contributed by atoms with Crippen LogP contribution in [0.5, 0.6) is 0 Å². The van der Waals surface area contributed by atoms with E-state index in [0.29, 0.717) is 28.0 Å². The summed E-state index contributed by atoms with van der Waals surface area (Å²) in [5.41, 5.74) is 2.13. The molecule has 0 aliphatic carbocycles. The van der Waals surface area contributed by atoms with E-state index >= 15 is 0 Å². The molecular weight excluding hydrogens is 348 g/mol. The van der Waals surface area contributed by atoms with Crippen molar-refractivity contribution in [1.82, 2.24) is 15.3 Å². The number of fused-ring (bicyclic) bond motifs is 1. The first-order chi connectivity index (χ1) is 12.0. The summed E-state index contributed by atoms with van der Waals surface area (Å²) in [5, 5.41) is 3.58. The Hall–Kier alpha value is -2.47. The van der Waals surface area contributed by atoms with Crippen LogP contribution in [0.1, 0.15) is 47.6 Å². The number of carbonyl (C=O) groups excluding carboxylic acids is 1. The van der Waals surface area contributed by atoms with Crippen molar-refractivity contribution in [2.75, 3.05) is 0 Å². The lowest BCUT2D eigenvalue weighted by molar-refractivity contribution is 0.0935. The summed E-state index contributed by atoms with van der Waals surface area (Å²) in [5.74, 6) is -0.683. The lowest BCUT2D eigenvalue weighted by Crippen LogP contribution is -2.28. The second kappa shape index (κ2) is 7.19. The molecule has 1 heterocycles. The number of rotatable bonds is 5. The Morgan fingerprint density at radius 3 is 2.60 bits per heavy atom. The van der Waals surface area contributed by atoms with Crippen LogP contribution in [0.2, 0.25) is 5.02 Å². The lowest BCUT2D eigenvalue weighted by atomic mass is 10.0. The molecule has 0 saturated carbocycles. The van der Waals surface area contributed by atoms with Crippen molar-refractivity contribution in [2.24, 2.45) is 0 Å². The third-order valence-electron chi connectivity index (χ3n) is 3.96. The molecule has 4 nitrogen and oxygen atoms in total. The molecule has 1 atom stereocenters. The Bertz CT molecular complexity index is 893. The van der Waals surface area contributed by atoms with E-state index in [1.807, 2.05) is 19.1 Å². The molecule has 7 heteroatoms. The van der Waals surface area contributed by atoms with E-state index in [0.717, 1.165) is 5.56 Å². The SMILES string of the molecule is CCC(NC(=O)c1ccc2nc(C(F)F)[nH]c2c1)c1ccc(Cl)cc1. The fourth-order valence-corrected chi connectivity index (χ4v) is 2.76. The highest BCUT2D eigenvalue weighted by Crippen LogP contribution is 2.22. The number of H-pyrrole nitrogens is 1.